The molecule has 4 heteroatoms. The number of hydrogen-bond donors (Lipinski definition) is 0. The summed E-state index contributed by atoms with van der Waals surface area (Å²) in [5, 5.41) is 0. The molecule has 0 radical (unpaired) electrons. The molecule has 2 heterocycles. The Morgan fingerprint density at radius 3 is 2.31 bits per heavy atom. The molecule has 0 spiro atoms. The van der Waals surface area contributed by atoms with E-state index in [-0.39, 0.29) is 12.3 Å². The number of imidazole rings is 1. The lowest BCUT2D eigenvalue weighted by molar-refractivity contribution is -0.118. The van der Waals surface area contributed by atoms with Crippen molar-refractivity contribution in [3.63, 3.8) is 0 Å². The van der Waals surface area contributed by atoms with Crippen molar-refractivity contribution in [1.29, 1.82) is 0 Å². The Kier molecular flexibility index (Phi) is 4.48. The summed E-state index contributed by atoms with van der Waals surface area (Å²) >= 11 is 0. The van der Waals surface area contributed by atoms with Crippen LogP contribution >= 0.6 is 0 Å². The Hall–Kier alpha value is -3.40. The third kappa shape index (κ3) is 3.49. The van der Waals surface area contributed by atoms with Crippen LogP contribution in [0.15, 0.2) is 91.3 Å². The number of hydrogen-bond acceptors (Lipinski definition) is 2. The highest BCUT2D eigenvalue weighted by Gasteiger charge is 2.18. The summed E-state index contributed by atoms with van der Waals surface area (Å²) in [6, 6.07) is 25.6. The molecular weight excluding hydrogens is 322 g/mol. The van der Waals surface area contributed by atoms with Crippen LogP contribution in [0.4, 0.5) is 5.69 Å². The fourth-order valence-corrected chi connectivity index (χ4v) is 3.02. The van der Waals surface area contributed by atoms with Crippen LogP contribution in [0.25, 0.3) is 5.65 Å². The van der Waals surface area contributed by atoms with E-state index in [2.05, 4.69) is 4.98 Å². The van der Waals surface area contributed by atoms with E-state index in [9.17, 15) is 4.79 Å². The second kappa shape index (κ2) is 7.23. The minimum absolute atomic E-state index is 0.0310. The molecule has 0 atom stereocenters. The Bertz CT molecular complexity index is 976. The molecule has 0 bridgehead atoms. The number of carbonyl (C=O) groups is 1. The van der Waals surface area contributed by atoms with Crippen molar-refractivity contribution in [2.75, 3.05) is 4.90 Å². The van der Waals surface area contributed by atoms with Gasteiger partial charge in [0.2, 0.25) is 5.91 Å². The van der Waals surface area contributed by atoms with Crippen molar-refractivity contribution in [2.45, 2.75) is 13.0 Å². The zero-order chi connectivity index (χ0) is 17.8. The average Bonchev–Trinajstić information content (AvgIpc) is 3.09. The zero-order valence-electron chi connectivity index (χ0n) is 14.3. The predicted octanol–water partition coefficient (Wildman–Crippen LogP) is 4.11. The number of fused-ring (bicyclic) bond motifs is 1. The van der Waals surface area contributed by atoms with Gasteiger partial charge in [-0.25, -0.2) is 4.98 Å². The monoisotopic (exact) mass is 341 g/mol. The normalized spacial score (nSPS) is 10.8. The van der Waals surface area contributed by atoms with E-state index in [0.717, 1.165) is 22.6 Å². The molecule has 0 saturated heterocycles. The number of pyridine rings is 1. The van der Waals surface area contributed by atoms with E-state index in [4.69, 9.17) is 0 Å². The fraction of sp³-hybridized carbons (Fsp3) is 0.0909. The van der Waals surface area contributed by atoms with Gasteiger partial charge in [-0.1, -0.05) is 54.6 Å². The van der Waals surface area contributed by atoms with Crippen LogP contribution in [0, 0.1) is 0 Å². The van der Waals surface area contributed by atoms with E-state index < -0.39 is 0 Å². The second-order valence-electron chi connectivity index (χ2n) is 6.18. The molecule has 0 N–H and O–H groups in total. The first kappa shape index (κ1) is 16.1. The molecule has 2 aromatic heterocycles. The van der Waals surface area contributed by atoms with Crippen LogP contribution in [0.3, 0.4) is 0 Å². The van der Waals surface area contributed by atoms with Gasteiger partial charge in [-0.05, 0) is 29.8 Å². The molecule has 1 amide bonds. The maximum Gasteiger partial charge on any atom is 0.233 e. The van der Waals surface area contributed by atoms with Crippen LogP contribution in [0.5, 0.6) is 0 Å². The molecule has 0 unspecified atom stereocenters. The van der Waals surface area contributed by atoms with Gasteiger partial charge in [0.25, 0.3) is 0 Å². The summed E-state index contributed by atoms with van der Waals surface area (Å²) in [4.78, 5) is 19.4. The lowest BCUT2D eigenvalue weighted by Gasteiger charge is -2.23. The Morgan fingerprint density at radius 2 is 1.58 bits per heavy atom. The number of benzene rings is 2. The van der Waals surface area contributed by atoms with E-state index >= 15 is 0 Å². The molecule has 4 nitrogen and oxygen atoms in total. The molecule has 4 aromatic rings. The van der Waals surface area contributed by atoms with Crippen LogP contribution in [0.1, 0.15) is 11.3 Å². The molecule has 0 aliphatic carbocycles. The summed E-state index contributed by atoms with van der Waals surface area (Å²) in [7, 11) is 0. The fourth-order valence-electron chi connectivity index (χ4n) is 3.02. The number of anilines is 1. The van der Waals surface area contributed by atoms with Gasteiger partial charge < -0.3 is 9.30 Å². The van der Waals surface area contributed by atoms with Crippen molar-refractivity contribution in [3.05, 3.63) is 103 Å². The van der Waals surface area contributed by atoms with Gasteiger partial charge in [-0.2, -0.15) is 0 Å². The van der Waals surface area contributed by atoms with Crippen molar-refractivity contribution in [3.8, 4) is 0 Å². The van der Waals surface area contributed by atoms with Gasteiger partial charge in [0, 0.05) is 18.1 Å². The molecule has 0 fully saturated rings. The Morgan fingerprint density at radius 1 is 0.885 bits per heavy atom. The highest BCUT2D eigenvalue weighted by atomic mass is 16.2. The van der Waals surface area contributed by atoms with Gasteiger partial charge in [0.15, 0.2) is 0 Å². The first-order valence-electron chi connectivity index (χ1n) is 8.61. The standard InChI is InChI=1S/C22H19N3O/c26-22(15-19-17-24-14-8-7-13-21(24)23-19)25(20-11-5-2-6-12-20)16-18-9-3-1-4-10-18/h1-14,17H,15-16H2. The van der Waals surface area contributed by atoms with Gasteiger partial charge in [0.1, 0.15) is 5.65 Å². The minimum Gasteiger partial charge on any atom is -0.308 e. The molecule has 0 saturated carbocycles. The summed E-state index contributed by atoms with van der Waals surface area (Å²) in [5.41, 5.74) is 3.62. The largest absolute Gasteiger partial charge is 0.308 e. The lowest BCUT2D eigenvalue weighted by atomic mass is 10.1. The summed E-state index contributed by atoms with van der Waals surface area (Å²) < 4.78 is 1.94. The molecule has 0 aliphatic rings. The van der Waals surface area contributed by atoms with E-state index in [1.54, 1.807) is 0 Å². The van der Waals surface area contributed by atoms with Crippen molar-refractivity contribution >= 4 is 17.2 Å². The topological polar surface area (TPSA) is 37.6 Å². The van der Waals surface area contributed by atoms with Gasteiger partial charge >= 0.3 is 0 Å². The van der Waals surface area contributed by atoms with Gasteiger partial charge in [0.05, 0.1) is 18.7 Å². The summed E-state index contributed by atoms with van der Waals surface area (Å²) in [5.74, 6) is 0.0310. The third-order valence-corrected chi connectivity index (χ3v) is 4.30. The predicted molar refractivity (Wildman–Crippen MR) is 103 cm³/mol. The highest BCUT2D eigenvalue weighted by Crippen LogP contribution is 2.18. The number of nitrogens with zero attached hydrogens (tertiary/aromatic N) is 3. The first-order valence-corrected chi connectivity index (χ1v) is 8.61. The van der Waals surface area contributed by atoms with E-state index in [0.29, 0.717) is 6.54 Å². The van der Waals surface area contributed by atoms with Crippen molar-refractivity contribution in [1.82, 2.24) is 9.38 Å². The second-order valence-corrected chi connectivity index (χ2v) is 6.18. The first-order chi connectivity index (χ1) is 12.8. The van der Waals surface area contributed by atoms with E-state index in [1.165, 1.54) is 0 Å². The Balaban J connectivity index is 1.61. The number of para-hydroxylation sites is 1. The van der Waals surface area contributed by atoms with Crippen molar-refractivity contribution < 1.29 is 4.79 Å². The van der Waals surface area contributed by atoms with Crippen LogP contribution in [-0.4, -0.2) is 15.3 Å². The molecule has 128 valence electrons. The summed E-state index contributed by atoms with van der Waals surface area (Å²) in [6.07, 6.45) is 4.12. The van der Waals surface area contributed by atoms with Crippen molar-refractivity contribution in [2.24, 2.45) is 0 Å². The van der Waals surface area contributed by atoms with E-state index in [1.807, 2.05) is 101 Å². The maximum absolute atomic E-state index is 13.1. The van der Waals surface area contributed by atoms with Gasteiger partial charge in [-0.3, -0.25) is 4.79 Å². The minimum atomic E-state index is 0.0310. The zero-order valence-corrected chi connectivity index (χ0v) is 14.3. The molecule has 4 rings (SSSR count). The number of rotatable bonds is 5. The number of aromatic nitrogens is 2. The average molecular weight is 341 g/mol. The smallest absolute Gasteiger partial charge is 0.233 e. The van der Waals surface area contributed by atoms with Crippen LogP contribution < -0.4 is 4.90 Å². The summed E-state index contributed by atoms with van der Waals surface area (Å²) in [6.45, 7) is 0.539. The molecular formula is C22H19N3O. The molecule has 26 heavy (non-hydrogen) atoms. The molecule has 2 aromatic carbocycles. The third-order valence-electron chi connectivity index (χ3n) is 4.30. The van der Waals surface area contributed by atoms with Crippen LogP contribution in [-0.2, 0) is 17.8 Å². The Labute approximate surface area is 152 Å². The van der Waals surface area contributed by atoms with Gasteiger partial charge in [-0.15, -0.1) is 0 Å². The SMILES string of the molecule is O=C(Cc1cn2ccccc2n1)N(Cc1ccccc1)c1ccccc1. The quantitative estimate of drug-likeness (QED) is 0.548. The van der Waals surface area contributed by atoms with Crippen LogP contribution in [0.2, 0.25) is 0 Å². The lowest BCUT2D eigenvalue weighted by Crippen LogP contribution is -2.31. The number of carbonyl (C=O) groups excluding carboxylic acids is 1. The maximum atomic E-state index is 13.1. The molecule has 0 aliphatic heterocycles. The number of amides is 1. The highest BCUT2D eigenvalue weighted by molar-refractivity contribution is 5.94.